The summed E-state index contributed by atoms with van der Waals surface area (Å²) in [6.45, 7) is 4.45. The molecule has 1 aromatic carbocycles. The van der Waals surface area contributed by atoms with Crippen LogP contribution in [0.1, 0.15) is 49.8 Å². The monoisotopic (exact) mass is 232 g/mol. The van der Waals surface area contributed by atoms with Gasteiger partial charge in [-0.15, -0.1) is 0 Å². The van der Waals surface area contributed by atoms with Crippen molar-refractivity contribution in [2.45, 2.75) is 44.2 Å². The molecule has 1 aliphatic rings. The van der Waals surface area contributed by atoms with E-state index in [9.17, 15) is 0 Å². The van der Waals surface area contributed by atoms with Crippen LogP contribution in [0.3, 0.4) is 0 Å². The molecule has 1 aromatic rings. The lowest BCUT2D eigenvalue weighted by Gasteiger charge is -2.30. The van der Waals surface area contributed by atoms with Gasteiger partial charge in [-0.3, -0.25) is 0 Å². The van der Waals surface area contributed by atoms with Crippen LogP contribution < -0.4 is 5.73 Å². The molecule has 2 rings (SSSR count). The lowest BCUT2D eigenvalue weighted by Crippen LogP contribution is -2.39. The summed E-state index contributed by atoms with van der Waals surface area (Å²) in [6, 6.07) is 9.31. The number of hydrogen-bond acceptors (Lipinski definition) is 2. The number of nitrogens with zero attached hydrogens (tertiary/aromatic N) is 1. The third-order valence-electron chi connectivity index (χ3n) is 3.81. The maximum Gasteiger partial charge on any atom is 0.0523 e. The fourth-order valence-corrected chi connectivity index (χ4v) is 2.63. The van der Waals surface area contributed by atoms with Crippen molar-refractivity contribution < 1.29 is 0 Å². The molecule has 1 saturated carbocycles. The first-order chi connectivity index (χ1) is 7.94. The maximum atomic E-state index is 6.38. The molecule has 0 aromatic heterocycles. The van der Waals surface area contributed by atoms with Crippen LogP contribution in [0.25, 0.3) is 0 Å². The molecule has 2 N–H and O–H groups in total. The van der Waals surface area contributed by atoms with E-state index in [1.54, 1.807) is 0 Å². The van der Waals surface area contributed by atoms with Gasteiger partial charge in [-0.1, -0.05) is 38.1 Å². The SMILES string of the molecule is CC(C)c1ccc(C(N(C)C)C2(N)CC2)cc1. The Bertz CT molecular complexity index is 374. The molecular formula is C15H24N2. The fraction of sp³-hybridized carbons (Fsp3) is 0.600. The van der Waals surface area contributed by atoms with Crippen LogP contribution in [-0.4, -0.2) is 24.5 Å². The Hall–Kier alpha value is -0.860. The number of nitrogens with two attached hydrogens (primary N) is 1. The lowest BCUT2D eigenvalue weighted by molar-refractivity contribution is 0.246. The van der Waals surface area contributed by atoms with Crippen LogP contribution >= 0.6 is 0 Å². The number of benzene rings is 1. The first-order valence-electron chi connectivity index (χ1n) is 6.49. The molecule has 1 atom stereocenters. The van der Waals surface area contributed by atoms with Gasteiger partial charge in [-0.25, -0.2) is 0 Å². The maximum absolute atomic E-state index is 6.38. The third-order valence-corrected chi connectivity index (χ3v) is 3.81. The average molecular weight is 232 g/mol. The molecule has 1 fully saturated rings. The van der Waals surface area contributed by atoms with Gasteiger partial charge in [0.25, 0.3) is 0 Å². The van der Waals surface area contributed by atoms with Crippen molar-refractivity contribution >= 4 is 0 Å². The van der Waals surface area contributed by atoms with Crippen molar-refractivity contribution in [3.8, 4) is 0 Å². The molecule has 0 saturated heterocycles. The minimum Gasteiger partial charge on any atom is -0.323 e. The van der Waals surface area contributed by atoms with Crippen molar-refractivity contribution in [3.63, 3.8) is 0 Å². The van der Waals surface area contributed by atoms with Gasteiger partial charge in [0, 0.05) is 5.54 Å². The number of likely N-dealkylation sites (N-methyl/N-ethyl adjacent to an activating group) is 1. The third kappa shape index (κ3) is 2.53. The molecule has 0 bridgehead atoms. The molecule has 0 spiro atoms. The predicted octanol–water partition coefficient (Wildman–Crippen LogP) is 2.90. The molecular weight excluding hydrogens is 208 g/mol. The highest BCUT2D eigenvalue weighted by atomic mass is 15.1. The molecule has 0 radical (unpaired) electrons. The van der Waals surface area contributed by atoms with Gasteiger partial charge in [-0.05, 0) is 44.0 Å². The van der Waals surface area contributed by atoms with Crippen molar-refractivity contribution in [1.82, 2.24) is 4.90 Å². The zero-order valence-corrected chi connectivity index (χ0v) is 11.4. The van der Waals surface area contributed by atoms with Gasteiger partial charge < -0.3 is 10.6 Å². The molecule has 0 heterocycles. The highest BCUT2D eigenvalue weighted by Gasteiger charge is 2.47. The minimum atomic E-state index is 0.00282. The summed E-state index contributed by atoms with van der Waals surface area (Å²) in [4.78, 5) is 2.25. The van der Waals surface area contributed by atoms with Crippen LogP contribution in [0.2, 0.25) is 0 Å². The Balaban J connectivity index is 2.25. The first-order valence-corrected chi connectivity index (χ1v) is 6.49. The van der Waals surface area contributed by atoms with Gasteiger partial charge in [0.2, 0.25) is 0 Å². The Morgan fingerprint density at radius 3 is 1.88 bits per heavy atom. The smallest absolute Gasteiger partial charge is 0.0523 e. The van der Waals surface area contributed by atoms with Crippen molar-refractivity contribution in [3.05, 3.63) is 35.4 Å². The van der Waals surface area contributed by atoms with Crippen molar-refractivity contribution in [2.75, 3.05) is 14.1 Å². The van der Waals surface area contributed by atoms with E-state index in [0.717, 1.165) is 12.8 Å². The standard InChI is InChI=1S/C15H24N2/c1-11(2)12-5-7-13(8-6-12)14(17(3)4)15(16)9-10-15/h5-8,11,14H,9-10,16H2,1-4H3. The quantitative estimate of drug-likeness (QED) is 0.865. The molecule has 1 unspecified atom stereocenters. The van der Waals surface area contributed by atoms with Crippen molar-refractivity contribution in [1.29, 1.82) is 0 Å². The summed E-state index contributed by atoms with van der Waals surface area (Å²) in [5.41, 5.74) is 9.13. The predicted molar refractivity (Wildman–Crippen MR) is 73.1 cm³/mol. The molecule has 0 aliphatic heterocycles. The average Bonchev–Trinajstić information content (AvgIpc) is 2.97. The van der Waals surface area contributed by atoms with E-state index in [1.807, 2.05) is 0 Å². The van der Waals surface area contributed by atoms with Crippen LogP contribution in [-0.2, 0) is 0 Å². The molecule has 1 aliphatic carbocycles. The second-order valence-corrected chi connectivity index (χ2v) is 5.92. The molecule has 94 valence electrons. The number of hydrogen-bond donors (Lipinski definition) is 1. The van der Waals surface area contributed by atoms with E-state index in [2.05, 4.69) is 57.1 Å². The first kappa shape index (κ1) is 12.6. The molecule has 0 amide bonds. The van der Waals surface area contributed by atoms with Gasteiger partial charge >= 0.3 is 0 Å². The summed E-state index contributed by atoms with van der Waals surface area (Å²) in [5, 5.41) is 0. The molecule has 2 nitrogen and oxygen atoms in total. The van der Waals surface area contributed by atoms with Gasteiger partial charge in [0.1, 0.15) is 0 Å². The van der Waals surface area contributed by atoms with Gasteiger partial charge in [0.15, 0.2) is 0 Å². The summed E-state index contributed by atoms with van der Waals surface area (Å²) in [5.74, 6) is 0.592. The highest BCUT2D eigenvalue weighted by Crippen LogP contribution is 2.45. The summed E-state index contributed by atoms with van der Waals surface area (Å²) < 4.78 is 0. The zero-order chi connectivity index (χ0) is 12.6. The lowest BCUT2D eigenvalue weighted by atomic mass is 9.94. The van der Waals surface area contributed by atoms with E-state index in [0.29, 0.717) is 12.0 Å². The van der Waals surface area contributed by atoms with E-state index >= 15 is 0 Å². The van der Waals surface area contributed by atoms with E-state index < -0.39 is 0 Å². The number of rotatable bonds is 4. The Morgan fingerprint density at radius 2 is 1.53 bits per heavy atom. The molecule has 2 heteroatoms. The van der Waals surface area contributed by atoms with Gasteiger partial charge in [0.05, 0.1) is 6.04 Å². The van der Waals surface area contributed by atoms with Crippen LogP contribution in [0.4, 0.5) is 0 Å². The van der Waals surface area contributed by atoms with Gasteiger partial charge in [-0.2, -0.15) is 0 Å². The molecule has 17 heavy (non-hydrogen) atoms. The summed E-state index contributed by atoms with van der Waals surface area (Å²) >= 11 is 0. The van der Waals surface area contributed by atoms with E-state index in [4.69, 9.17) is 5.73 Å². The van der Waals surface area contributed by atoms with E-state index in [-0.39, 0.29) is 5.54 Å². The van der Waals surface area contributed by atoms with Crippen molar-refractivity contribution in [2.24, 2.45) is 5.73 Å². The zero-order valence-electron chi connectivity index (χ0n) is 11.4. The Kier molecular flexibility index (Phi) is 3.28. The van der Waals surface area contributed by atoms with Crippen LogP contribution in [0, 0.1) is 0 Å². The Labute approximate surface area is 105 Å². The van der Waals surface area contributed by atoms with Crippen LogP contribution in [0.5, 0.6) is 0 Å². The topological polar surface area (TPSA) is 29.3 Å². The van der Waals surface area contributed by atoms with Crippen LogP contribution in [0.15, 0.2) is 24.3 Å². The summed E-state index contributed by atoms with van der Waals surface area (Å²) in [6.07, 6.45) is 2.28. The minimum absolute atomic E-state index is 0.00282. The fourth-order valence-electron chi connectivity index (χ4n) is 2.63. The second kappa shape index (κ2) is 4.43. The Morgan fingerprint density at radius 1 is 1.06 bits per heavy atom. The highest BCUT2D eigenvalue weighted by molar-refractivity contribution is 5.31. The normalized spacial score (nSPS) is 19.7. The second-order valence-electron chi connectivity index (χ2n) is 5.92. The summed E-state index contributed by atoms with van der Waals surface area (Å²) in [7, 11) is 4.24. The largest absolute Gasteiger partial charge is 0.323 e. The van der Waals surface area contributed by atoms with E-state index in [1.165, 1.54) is 11.1 Å².